The van der Waals surface area contributed by atoms with Gasteiger partial charge in [-0.15, -0.1) is 0 Å². The molecule has 3 N–H and O–H groups in total. The first kappa shape index (κ1) is 82.3. The van der Waals surface area contributed by atoms with Crippen LogP contribution in [0.1, 0.15) is 438 Å². The number of ether oxygens (including phenoxy) is 1. The van der Waals surface area contributed by atoms with Crippen LogP contribution in [0.5, 0.6) is 0 Å². The predicted molar refractivity (Wildman–Crippen MR) is 370 cm³/mol. The number of carbonyl (C=O) groups is 2. The lowest BCUT2D eigenvalue weighted by Crippen LogP contribution is -2.45. The summed E-state index contributed by atoms with van der Waals surface area (Å²) in [6, 6.07) is -0.627. The van der Waals surface area contributed by atoms with Crippen LogP contribution in [-0.2, 0) is 14.3 Å². The summed E-state index contributed by atoms with van der Waals surface area (Å²) in [6.07, 6.45) is 94.3. The predicted octanol–water partition coefficient (Wildman–Crippen LogP) is 25.3. The number of aliphatic hydroxyl groups is 2. The molecule has 2 unspecified atom stereocenters. The Hall–Kier alpha value is -1.66. The van der Waals surface area contributed by atoms with Crippen molar-refractivity contribution in [1.29, 1.82) is 0 Å². The van der Waals surface area contributed by atoms with E-state index in [-0.39, 0.29) is 18.5 Å². The molecule has 0 fully saturated rings. The minimum atomic E-state index is -0.844. The van der Waals surface area contributed by atoms with Gasteiger partial charge in [0.05, 0.1) is 25.4 Å². The average molecular weight is 1180 g/mol. The van der Waals surface area contributed by atoms with Gasteiger partial charge in [-0.1, -0.05) is 391 Å². The monoisotopic (exact) mass is 1180 g/mol. The average Bonchev–Trinajstić information content (AvgIpc) is 3.53. The van der Waals surface area contributed by atoms with Crippen LogP contribution in [0, 0.1) is 0 Å². The zero-order chi connectivity index (χ0) is 60.6. The largest absolute Gasteiger partial charge is 0.466 e. The molecule has 6 nitrogen and oxygen atoms in total. The molecule has 84 heavy (non-hydrogen) atoms. The van der Waals surface area contributed by atoms with Crippen molar-refractivity contribution in [2.75, 3.05) is 13.2 Å². The van der Waals surface area contributed by atoms with E-state index in [2.05, 4.69) is 31.3 Å². The van der Waals surface area contributed by atoms with E-state index in [1.54, 1.807) is 6.08 Å². The van der Waals surface area contributed by atoms with Gasteiger partial charge < -0.3 is 20.3 Å². The lowest BCUT2D eigenvalue weighted by atomic mass is 10.0. The molecule has 0 saturated heterocycles. The third-order valence-electron chi connectivity index (χ3n) is 18.2. The Morgan fingerprint density at radius 1 is 0.321 bits per heavy atom. The lowest BCUT2D eigenvalue weighted by Gasteiger charge is -2.20. The van der Waals surface area contributed by atoms with E-state index < -0.39 is 12.1 Å². The summed E-state index contributed by atoms with van der Waals surface area (Å²) >= 11 is 0. The van der Waals surface area contributed by atoms with Gasteiger partial charge in [0, 0.05) is 12.8 Å². The summed E-state index contributed by atoms with van der Waals surface area (Å²) in [6.45, 7) is 4.96. The van der Waals surface area contributed by atoms with E-state index in [4.69, 9.17) is 4.74 Å². The molecule has 0 aliphatic heterocycles. The maximum Gasteiger partial charge on any atom is 0.305 e. The molecule has 0 aromatic heterocycles. The van der Waals surface area contributed by atoms with Gasteiger partial charge in [-0.3, -0.25) is 9.59 Å². The Kier molecular flexibility index (Phi) is 72.3. The first-order chi connectivity index (χ1) is 41.5. The van der Waals surface area contributed by atoms with Crippen LogP contribution in [0.4, 0.5) is 0 Å². The van der Waals surface area contributed by atoms with Gasteiger partial charge in [-0.05, 0) is 57.8 Å². The Bertz CT molecular complexity index is 1320. The molecule has 0 heterocycles. The number of amides is 1. The smallest absolute Gasteiger partial charge is 0.305 e. The Morgan fingerprint density at radius 3 is 0.845 bits per heavy atom. The third kappa shape index (κ3) is 69.4. The number of nitrogens with one attached hydrogen (secondary N) is 1. The first-order valence-electron chi connectivity index (χ1n) is 38.6. The fraction of sp³-hybridized carbons (Fsp3) is 0.923. The molecule has 0 rings (SSSR count). The van der Waals surface area contributed by atoms with Crippen LogP contribution in [0.2, 0.25) is 0 Å². The molecule has 0 spiro atoms. The minimum Gasteiger partial charge on any atom is -0.466 e. The SMILES string of the molecule is CCCCCCCCCCCCCCCCCCCCC/C=C/C(O)C(CO)NC(=O)CCCCCCCCCCCCCCCCC/C=C\CCCCCCCCCCCCCCOC(=O)CCCCCCCCCCCCCCCCC. The number of hydrogen-bond donors (Lipinski definition) is 3. The number of rotatable bonds is 73. The van der Waals surface area contributed by atoms with Crippen LogP contribution in [0.15, 0.2) is 24.3 Å². The van der Waals surface area contributed by atoms with E-state index in [1.165, 1.54) is 372 Å². The first-order valence-corrected chi connectivity index (χ1v) is 38.6. The molecule has 0 saturated carbocycles. The summed E-state index contributed by atoms with van der Waals surface area (Å²) < 4.78 is 5.50. The van der Waals surface area contributed by atoms with Crippen LogP contribution < -0.4 is 5.32 Å². The number of carbonyl (C=O) groups excluding carboxylic acids is 2. The minimum absolute atomic E-state index is 0.0212. The molecule has 6 heteroatoms. The summed E-state index contributed by atoms with van der Waals surface area (Å²) in [5, 5.41) is 23.3. The third-order valence-corrected chi connectivity index (χ3v) is 18.2. The molecule has 1 amide bonds. The second-order valence-corrected chi connectivity index (χ2v) is 26.7. The Balaban J connectivity index is 3.37. The number of esters is 1. The highest BCUT2D eigenvalue weighted by atomic mass is 16.5. The van der Waals surface area contributed by atoms with Gasteiger partial charge in [0.1, 0.15) is 0 Å². The van der Waals surface area contributed by atoms with Gasteiger partial charge in [-0.25, -0.2) is 0 Å². The van der Waals surface area contributed by atoms with E-state index in [0.29, 0.717) is 19.4 Å². The van der Waals surface area contributed by atoms with Crippen molar-refractivity contribution in [3.05, 3.63) is 24.3 Å². The quantitative estimate of drug-likeness (QED) is 0.0320. The molecule has 0 aliphatic carbocycles. The van der Waals surface area contributed by atoms with Crippen molar-refractivity contribution in [2.45, 2.75) is 450 Å². The zero-order valence-corrected chi connectivity index (χ0v) is 57.2. The molecule has 0 aromatic carbocycles. The fourth-order valence-corrected chi connectivity index (χ4v) is 12.3. The maximum absolute atomic E-state index is 12.5. The molecular weight excluding hydrogens is 1030 g/mol. The Morgan fingerprint density at radius 2 is 0.560 bits per heavy atom. The van der Waals surface area contributed by atoms with Crippen LogP contribution in [0.25, 0.3) is 0 Å². The number of aliphatic hydroxyl groups excluding tert-OH is 2. The van der Waals surface area contributed by atoms with Crippen LogP contribution in [-0.4, -0.2) is 47.4 Å². The van der Waals surface area contributed by atoms with Crippen LogP contribution in [0.3, 0.4) is 0 Å². The van der Waals surface area contributed by atoms with Crippen molar-refractivity contribution in [3.8, 4) is 0 Å². The molecular formula is C78H151NO5. The van der Waals surface area contributed by atoms with Crippen molar-refractivity contribution >= 4 is 11.9 Å². The molecule has 0 bridgehead atoms. The number of unbranched alkanes of at least 4 members (excludes halogenated alkanes) is 60. The number of allylic oxidation sites excluding steroid dienone is 3. The summed E-state index contributed by atoms with van der Waals surface area (Å²) in [5.41, 5.74) is 0. The topological polar surface area (TPSA) is 95.9 Å². The van der Waals surface area contributed by atoms with Gasteiger partial charge in [0.2, 0.25) is 5.91 Å². The maximum atomic E-state index is 12.5. The molecule has 0 aromatic rings. The summed E-state index contributed by atoms with van der Waals surface area (Å²) in [5.74, 6) is -0.0400. The fourth-order valence-electron chi connectivity index (χ4n) is 12.3. The normalized spacial score (nSPS) is 12.6. The van der Waals surface area contributed by atoms with E-state index in [9.17, 15) is 19.8 Å². The van der Waals surface area contributed by atoms with Gasteiger partial charge in [-0.2, -0.15) is 0 Å². The molecule has 0 aliphatic rings. The van der Waals surface area contributed by atoms with Crippen molar-refractivity contribution in [3.63, 3.8) is 0 Å². The second-order valence-electron chi connectivity index (χ2n) is 26.7. The Labute approximate surface area is 526 Å². The standard InChI is InChI=1S/C78H151NO5/c1-3-5-7-9-11-13-15-17-19-20-21-33-36-39-43-46-50-54-58-62-66-70-76(81)75(74-80)79-77(82)71-67-63-59-55-51-47-44-40-37-34-31-29-27-25-23-22-24-26-28-30-32-35-38-41-45-49-53-57-61-65-69-73-84-78(83)72-68-64-60-56-52-48-42-18-16-14-12-10-8-6-4-2/h24,26,66,70,75-76,80-81H,3-23,25,27-65,67-69,71-74H2,1-2H3,(H,79,82)/b26-24-,70-66+. The van der Waals surface area contributed by atoms with Crippen molar-refractivity contribution < 1.29 is 24.5 Å². The highest BCUT2D eigenvalue weighted by molar-refractivity contribution is 5.76. The lowest BCUT2D eigenvalue weighted by molar-refractivity contribution is -0.143. The van der Waals surface area contributed by atoms with Gasteiger partial charge >= 0.3 is 5.97 Å². The second kappa shape index (κ2) is 73.8. The highest BCUT2D eigenvalue weighted by Gasteiger charge is 2.18. The molecule has 2 atom stereocenters. The highest BCUT2D eigenvalue weighted by Crippen LogP contribution is 2.19. The van der Waals surface area contributed by atoms with E-state index in [1.807, 2.05) is 6.08 Å². The van der Waals surface area contributed by atoms with Crippen LogP contribution >= 0.6 is 0 Å². The van der Waals surface area contributed by atoms with Crippen molar-refractivity contribution in [1.82, 2.24) is 5.32 Å². The van der Waals surface area contributed by atoms with E-state index >= 15 is 0 Å². The summed E-state index contributed by atoms with van der Waals surface area (Å²) in [4.78, 5) is 24.6. The molecule has 498 valence electrons. The number of hydrogen-bond acceptors (Lipinski definition) is 5. The van der Waals surface area contributed by atoms with Gasteiger partial charge in [0.25, 0.3) is 0 Å². The summed E-state index contributed by atoms with van der Waals surface area (Å²) in [7, 11) is 0. The van der Waals surface area contributed by atoms with Crippen molar-refractivity contribution in [2.24, 2.45) is 0 Å². The molecule has 0 radical (unpaired) electrons. The zero-order valence-electron chi connectivity index (χ0n) is 57.2. The van der Waals surface area contributed by atoms with Gasteiger partial charge in [0.15, 0.2) is 0 Å². The van der Waals surface area contributed by atoms with E-state index in [0.717, 1.165) is 38.5 Å².